The van der Waals surface area contributed by atoms with E-state index in [0.717, 1.165) is 11.1 Å². The van der Waals surface area contributed by atoms with Crippen molar-refractivity contribution in [1.29, 1.82) is 0 Å². The maximum Gasteiger partial charge on any atom is 0.300 e. The van der Waals surface area contributed by atoms with Crippen LogP contribution in [0.1, 0.15) is 42.1 Å². The lowest BCUT2D eigenvalue weighted by Crippen LogP contribution is -2.30. The van der Waals surface area contributed by atoms with Gasteiger partial charge in [0.05, 0.1) is 24.8 Å². The minimum atomic E-state index is -0.809. The molecule has 180 valence electrons. The Morgan fingerprint density at radius 2 is 1.66 bits per heavy atom. The summed E-state index contributed by atoms with van der Waals surface area (Å²) in [5, 5.41) is 11.4. The van der Waals surface area contributed by atoms with Crippen LogP contribution in [0.2, 0.25) is 0 Å². The Morgan fingerprint density at radius 1 is 0.943 bits per heavy atom. The molecule has 0 aromatic heterocycles. The van der Waals surface area contributed by atoms with E-state index in [0.29, 0.717) is 28.3 Å². The minimum absolute atomic E-state index is 0.0303. The van der Waals surface area contributed by atoms with E-state index in [1.54, 1.807) is 55.6 Å². The lowest BCUT2D eigenvalue weighted by atomic mass is 9.94. The molecule has 1 atom stereocenters. The van der Waals surface area contributed by atoms with Gasteiger partial charge in [0, 0.05) is 11.3 Å². The van der Waals surface area contributed by atoms with Gasteiger partial charge in [-0.05, 0) is 74.7 Å². The number of anilines is 1. The highest BCUT2D eigenvalue weighted by atomic mass is 16.5. The maximum absolute atomic E-state index is 13.4. The lowest BCUT2D eigenvalue weighted by molar-refractivity contribution is -0.132. The average molecular weight is 472 g/mol. The minimum Gasteiger partial charge on any atom is -0.507 e. The van der Waals surface area contributed by atoms with Crippen LogP contribution in [0.3, 0.4) is 0 Å². The second-order valence-corrected chi connectivity index (χ2v) is 8.93. The summed E-state index contributed by atoms with van der Waals surface area (Å²) in [4.78, 5) is 28.3. The fourth-order valence-electron chi connectivity index (χ4n) is 4.31. The number of carbonyl (C=O) groups excluding carboxylic acids is 2. The van der Waals surface area contributed by atoms with Gasteiger partial charge in [-0.2, -0.15) is 0 Å². The van der Waals surface area contributed by atoms with Crippen LogP contribution >= 0.6 is 0 Å². The lowest BCUT2D eigenvalue weighted by Gasteiger charge is -2.27. The van der Waals surface area contributed by atoms with Crippen molar-refractivity contribution in [3.05, 3.63) is 94.6 Å². The molecule has 6 nitrogen and oxygen atoms in total. The molecule has 1 heterocycles. The molecule has 1 saturated heterocycles. The van der Waals surface area contributed by atoms with E-state index >= 15 is 0 Å². The van der Waals surface area contributed by atoms with Crippen LogP contribution in [-0.4, -0.2) is 30.0 Å². The number of Topliss-reactive ketones (excluding diaryl/α,β-unsaturated/α-hetero) is 1. The Kier molecular flexibility index (Phi) is 6.65. The van der Waals surface area contributed by atoms with Crippen LogP contribution in [0.5, 0.6) is 11.5 Å². The Bertz CT molecular complexity index is 1310. The van der Waals surface area contributed by atoms with Crippen molar-refractivity contribution in [2.45, 2.75) is 39.8 Å². The van der Waals surface area contributed by atoms with Crippen molar-refractivity contribution in [1.82, 2.24) is 0 Å². The Balaban J connectivity index is 1.93. The number of amides is 1. The summed E-state index contributed by atoms with van der Waals surface area (Å²) in [6.07, 6.45) is -0.0541. The number of ether oxygens (including phenoxy) is 2. The van der Waals surface area contributed by atoms with Crippen LogP contribution in [0, 0.1) is 13.8 Å². The van der Waals surface area contributed by atoms with Gasteiger partial charge in [-0.1, -0.05) is 36.4 Å². The van der Waals surface area contributed by atoms with E-state index in [1.807, 2.05) is 45.9 Å². The molecular formula is C29H29NO5. The first kappa shape index (κ1) is 24.1. The van der Waals surface area contributed by atoms with E-state index in [4.69, 9.17) is 9.47 Å². The van der Waals surface area contributed by atoms with Gasteiger partial charge in [0.15, 0.2) is 0 Å². The summed E-state index contributed by atoms with van der Waals surface area (Å²) in [6.45, 7) is 7.64. The molecule has 3 aromatic rings. The van der Waals surface area contributed by atoms with Crippen molar-refractivity contribution in [3.63, 3.8) is 0 Å². The number of rotatable bonds is 6. The average Bonchev–Trinajstić information content (AvgIpc) is 3.10. The molecule has 1 N–H and O–H groups in total. The smallest absolute Gasteiger partial charge is 0.300 e. The molecule has 1 fully saturated rings. The van der Waals surface area contributed by atoms with Gasteiger partial charge >= 0.3 is 0 Å². The molecule has 3 aromatic carbocycles. The second kappa shape index (κ2) is 9.66. The summed E-state index contributed by atoms with van der Waals surface area (Å²) in [5.74, 6) is -0.453. The van der Waals surface area contributed by atoms with E-state index < -0.39 is 17.7 Å². The Labute approximate surface area is 205 Å². The van der Waals surface area contributed by atoms with Gasteiger partial charge in [0.1, 0.15) is 17.3 Å². The molecule has 1 aliphatic rings. The standard InChI is InChI=1S/C29H29NO5/c1-17(2)35-23-8-6-7-21(16-23)27(31)25-26(20-11-13-22(34-5)14-12-20)30(29(33)28(25)32)24-15-18(3)9-10-19(24)4/h6-17,26,31H,1-5H3/b27-25+. The van der Waals surface area contributed by atoms with Gasteiger partial charge in [0.2, 0.25) is 0 Å². The number of aliphatic hydroxyl groups excluding tert-OH is 1. The van der Waals surface area contributed by atoms with Gasteiger partial charge < -0.3 is 14.6 Å². The third-order valence-corrected chi connectivity index (χ3v) is 5.98. The summed E-state index contributed by atoms with van der Waals surface area (Å²) < 4.78 is 11.0. The van der Waals surface area contributed by atoms with Crippen LogP contribution in [0.15, 0.2) is 72.3 Å². The fourth-order valence-corrected chi connectivity index (χ4v) is 4.31. The van der Waals surface area contributed by atoms with Gasteiger partial charge in [-0.3, -0.25) is 14.5 Å². The third-order valence-electron chi connectivity index (χ3n) is 5.98. The highest BCUT2D eigenvalue weighted by Crippen LogP contribution is 2.43. The molecule has 0 spiro atoms. The Hall–Kier alpha value is -4.06. The zero-order valence-electron chi connectivity index (χ0n) is 20.5. The number of hydrogen-bond donors (Lipinski definition) is 1. The van der Waals surface area contributed by atoms with Crippen molar-refractivity contribution >= 4 is 23.1 Å². The molecule has 0 saturated carbocycles. The number of methoxy groups -OCH3 is 1. The first-order valence-corrected chi connectivity index (χ1v) is 11.5. The topological polar surface area (TPSA) is 76.1 Å². The fraction of sp³-hybridized carbons (Fsp3) is 0.241. The Morgan fingerprint density at radius 3 is 2.31 bits per heavy atom. The number of benzene rings is 3. The predicted molar refractivity (Wildman–Crippen MR) is 136 cm³/mol. The van der Waals surface area contributed by atoms with E-state index in [2.05, 4.69) is 0 Å². The first-order chi connectivity index (χ1) is 16.7. The number of hydrogen-bond acceptors (Lipinski definition) is 5. The van der Waals surface area contributed by atoms with Crippen molar-refractivity contribution < 1.29 is 24.2 Å². The summed E-state index contributed by atoms with van der Waals surface area (Å²) in [5.41, 5.74) is 3.55. The second-order valence-electron chi connectivity index (χ2n) is 8.93. The monoisotopic (exact) mass is 471 g/mol. The maximum atomic E-state index is 13.4. The molecule has 35 heavy (non-hydrogen) atoms. The zero-order valence-corrected chi connectivity index (χ0v) is 20.5. The summed E-state index contributed by atoms with van der Waals surface area (Å²) in [7, 11) is 1.57. The van der Waals surface area contributed by atoms with Crippen LogP contribution < -0.4 is 14.4 Å². The van der Waals surface area contributed by atoms with E-state index in [-0.39, 0.29) is 17.4 Å². The van der Waals surface area contributed by atoms with Crippen LogP contribution in [0.25, 0.3) is 5.76 Å². The number of aryl methyl sites for hydroxylation is 2. The van der Waals surface area contributed by atoms with Gasteiger partial charge in [-0.15, -0.1) is 0 Å². The van der Waals surface area contributed by atoms with Crippen LogP contribution in [-0.2, 0) is 9.59 Å². The number of nitrogens with zero attached hydrogens (tertiary/aromatic N) is 1. The largest absolute Gasteiger partial charge is 0.507 e. The SMILES string of the molecule is COc1ccc(C2/C(=C(\O)c3cccc(OC(C)C)c3)C(=O)C(=O)N2c2cc(C)ccc2C)cc1. The van der Waals surface area contributed by atoms with E-state index in [1.165, 1.54) is 4.90 Å². The van der Waals surface area contributed by atoms with Crippen molar-refractivity contribution in [2.75, 3.05) is 12.0 Å². The number of aliphatic hydroxyl groups is 1. The molecular weight excluding hydrogens is 442 g/mol. The van der Waals surface area contributed by atoms with E-state index in [9.17, 15) is 14.7 Å². The summed E-state index contributed by atoms with van der Waals surface area (Å²) in [6, 6.07) is 19.0. The molecule has 0 bridgehead atoms. The molecule has 0 aliphatic carbocycles. The molecule has 0 radical (unpaired) electrons. The normalized spacial score (nSPS) is 17.2. The van der Waals surface area contributed by atoms with Gasteiger partial charge in [-0.25, -0.2) is 0 Å². The molecule has 4 rings (SSSR count). The molecule has 1 unspecified atom stereocenters. The zero-order chi connectivity index (χ0) is 25.3. The molecule has 1 aliphatic heterocycles. The third kappa shape index (κ3) is 4.64. The summed E-state index contributed by atoms with van der Waals surface area (Å²) >= 11 is 0. The number of carbonyl (C=O) groups is 2. The van der Waals surface area contributed by atoms with Crippen molar-refractivity contribution in [2.24, 2.45) is 0 Å². The quantitative estimate of drug-likeness (QED) is 0.282. The number of ketones is 1. The predicted octanol–water partition coefficient (Wildman–Crippen LogP) is 5.73. The molecule has 6 heteroatoms. The van der Waals surface area contributed by atoms with Crippen LogP contribution in [0.4, 0.5) is 5.69 Å². The highest BCUT2D eigenvalue weighted by Gasteiger charge is 2.47. The van der Waals surface area contributed by atoms with Crippen molar-refractivity contribution in [3.8, 4) is 11.5 Å². The first-order valence-electron chi connectivity index (χ1n) is 11.5. The highest BCUT2D eigenvalue weighted by molar-refractivity contribution is 6.51. The van der Waals surface area contributed by atoms with Gasteiger partial charge in [0.25, 0.3) is 11.7 Å². The molecule has 1 amide bonds.